The van der Waals surface area contributed by atoms with E-state index in [1.807, 2.05) is 20.2 Å². The van der Waals surface area contributed by atoms with Crippen molar-refractivity contribution in [2.45, 2.75) is 11.9 Å². The molecule has 3 nitrogen and oxygen atoms in total. The van der Waals surface area contributed by atoms with Gasteiger partial charge in [-0.15, -0.1) is 24.2 Å². The zero-order chi connectivity index (χ0) is 7.72. The molecular formula is C6H12ClN3S. The molecule has 0 aromatic carbocycles. The number of nitrogens with zero attached hydrogens (tertiary/aromatic N) is 2. The van der Waals surface area contributed by atoms with E-state index >= 15 is 0 Å². The molecule has 1 aromatic heterocycles. The molecule has 0 amide bonds. The summed E-state index contributed by atoms with van der Waals surface area (Å²) in [5, 5.41) is 5.19. The Morgan fingerprint density at radius 3 is 2.27 bits per heavy atom. The molecule has 0 radical (unpaired) electrons. The number of rotatable bonds is 1. The SMILES string of the molecule is CSc1c(N)c(C)nn1C.Cl. The number of anilines is 1. The quantitative estimate of drug-likeness (QED) is 0.687. The topological polar surface area (TPSA) is 43.8 Å². The number of thioether (sulfide) groups is 1. The zero-order valence-corrected chi connectivity index (χ0v) is 8.42. The Bertz CT molecular complexity index is 246. The van der Waals surface area contributed by atoms with Crippen LogP contribution in [0.15, 0.2) is 5.03 Å². The van der Waals surface area contributed by atoms with Crippen molar-refractivity contribution >= 4 is 29.9 Å². The number of aromatic nitrogens is 2. The number of hydrogen-bond donors (Lipinski definition) is 1. The molecule has 0 saturated carbocycles. The minimum absolute atomic E-state index is 0. The molecule has 0 atom stereocenters. The molecule has 5 heteroatoms. The first-order valence-corrected chi connectivity index (χ1v) is 4.22. The molecule has 1 heterocycles. The highest BCUT2D eigenvalue weighted by atomic mass is 35.5. The molecule has 2 N–H and O–H groups in total. The maximum Gasteiger partial charge on any atom is 0.117 e. The highest BCUT2D eigenvalue weighted by Crippen LogP contribution is 2.23. The Hall–Kier alpha value is -0.350. The van der Waals surface area contributed by atoms with Gasteiger partial charge in [-0.2, -0.15) is 5.10 Å². The summed E-state index contributed by atoms with van der Waals surface area (Å²) in [5.41, 5.74) is 7.42. The lowest BCUT2D eigenvalue weighted by molar-refractivity contribution is 0.694. The van der Waals surface area contributed by atoms with Crippen molar-refractivity contribution in [1.82, 2.24) is 9.78 Å². The molecule has 0 saturated heterocycles. The average molecular weight is 194 g/mol. The molecule has 0 unspecified atom stereocenters. The summed E-state index contributed by atoms with van der Waals surface area (Å²) in [4.78, 5) is 0. The Balaban J connectivity index is 0.000001000. The third-order valence-corrected chi connectivity index (χ3v) is 2.28. The smallest absolute Gasteiger partial charge is 0.117 e. The Kier molecular flexibility index (Phi) is 3.75. The van der Waals surface area contributed by atoms with E-state index in [2.05, 4.69) is 5.10 Å². The van der Waals surface area contributed by atoms with Crippen LogP contribution in [0.3, 0.4) is 0 Å². The Labute approximate surface area is 76.7 Å². The normalized spacial score (nSPS) is 9.36. The van der Waals surface area contributed by atoms with Crippen LogP contribution in [0, 0.1) is 6.92 Å². The minimum atomic E-state index is 0. The van der Waals surface area contributed by atoms with Crippen molar-refractivity contribution in [3.05, 3.63) is 5.69 Å². The van der Waals surface area contributed by atoms with Crippen molar-refractivity contribution in [3.8, 4) is 0 Å². The summed E-state index contributed by atoms with van der Waals surface area (Å²) in [6.07, 6.45) is 1.99. The third kappa shape index (κ3) is 1.81. The van der Waals surface area contributed by atoms with E-state index in [-0.39, 0.29) is 12.4 Å². The first kappa shape index (κ1) is 10.7. The standard InChI is InChI=1S/C6H11N3S.ClH/c1-4-5(7)6(10-3)9(2)8-4;/h7H2,1-3H3;1H. The fourth-order valence-electron chi connectivity index (χ4n) is 0.895. The predicted octanol–water partition coefficient (Wildman–Crippen LogP) is 1.45. The van der Waals surface area contributed by atoms with Gasteiger partial charge in [-0.1, -0.05) is 0 Å². The van der Waals surface area contributed by atoms with E-state index in [1.54, 1.807) is 16.4 Å². The van der Waals surface area contributed by atoms with E-state index in [9.17, 15) is 0 Å². The molecule has 64 valence electrons. The van der Waals surface area contributed by atoms with Gasteiger partial charge in [0, 0.05) is 7.05 Å². The highest BCUT2D eigenvalue weighted by molar-refractivity contribution is 7.98. The van der Waals surface area contributed by atoms with Crippen molar-refractivity contribution in [2.24, 2.45) is 7.05 Å². The number of nitrogen functional groups attached to an aromatic ring is 1. The molecule has 0 bridgehead atoms. The number of halogens is 1. The monoisotopic (exact) mass is 193 g/mol. The molecule has 0 aliphatic rings. The van der Waals surface area contributed by atoms with Crippen molar-refractivity contribution in [2.75, 3.05) is 12.0 Å². The van der Waals surface area contributed by atoms with Crippen molar-refractivity contribution < 1.29 is 0 Å². The van der Waals surface area contributed by atoms with Gasteiger partial charge >= 0.3 is 0 Å². The maximum absolute atomic E-state index is 5.71. The third-order valence-electron chi connectivity index (χ3n) is 1.41. The van der Waals surface area contributed by atoms with Crippen LogP contribution >= 0.6 is 24.2 Å². The van der Waals surface area contributed by atoms with Gasteiger partial charge in [0.15, 0.2) is 0 Å². The van der Waals surface area contributed by atoms with Gasteiger partial charge in [-0.3, -0.25) is 4.68 Å². The summed E-state index contributed by atoms with van der Waals surface area (Å²) in [5.74, 6) is 0. The van der Waals surface area contributed by atoms with E-state index in [1.165, 1.54) is 0 Å². The molecule has 0 aliphatic heterocycles. The first-order valence-electron chi connectivity index (χ1n) is 3.00. The number of nitrogens with two attached hydrogens (primary N) is 1. The first-order chi connectivity index (χ1) is 4.66. The minimum Gasteiger partial charge on any atom is -0.395 e. The fraction of sp³-hybridized carbons (Fsp3) is 0.500. The second-order valence-electron chi connectivity index (χ2n) is 2.13. The lowest BCUT2D eigenvalue weighted by Crippen LogP contribution is -1.92. The molecular weight excluding hydrogens is 182 g/mol. The summed E-state index contributed by atoms with van der Waals surface area (Å²) in [6, 6.07) is 0. The van der Waals surface area contributed by atoms with E-state index < -0.39 is 0 Å². The van der Waals surface area contributed by atoms with Crippen molar-refractivity contribution in [1.29, 1.82) is 0 Å². The molecule has 0 spiro atoms. The lowest BCUT2D eigenvalue weighted by Gasteiger charge is -1.95. The molecule has 1 rings (SSSR count). The van der Waals surface area contributed by atoms with Gasteiger partial charge in [-0.05, 0) is 13.2 Å². The zero-order valence-electron chi connectivity index (χ0n) is 6.79. The van der Waals surface area contributed by atoms with Crippen LogP contribution in [0.4, 0.5) is 5.69 Å². The summed E-state index contributed by atoms with van der Waals surface area (Å²) in [7, 11) is 1.90. The van der Waals surface area contributed by atoms with E-state index in [4.69, 9.17) is 5.73 Å². The van der Waals surface area contributed by atoms with Crippen LogP contribution in [-0.4, -0.2) is 16.0 Å². The molecule has 0 fully saturated rings. The van der Waals surface area contributed by atoms with Gasteiger partial charge in [0.25, 0.3) is 0 Å². The molecule has 0 aliphatic carbocycles. The fourth-order valence-corrected chi connectivity index (χ4v) is 1.57. The highest BCUT2D eigenvalue weighted by Gasteiger charge is 2.06. The predicted molar refractivity (Wildman–Crippen MR) is 51.4 cm³/mol. The second kappa shape index (κ2) is 3.88. The van der Waals surface area contributed by atoms with Crippen LogP contribution < -0.4 is 5.73 Å². The van der Waals surface area contributed by atoms with Crippen LogP contribution in [0.5, 0.6) is 0 Å². The summed E-state index contributed by atoms with van der Waals surface area (Å²) >= 11 is 1.62. The Morgan fingerprint density at radius 1 is 1.55 bits per heavy atom. The second-order valence-corrected chi connectivity index (χ2v) is 2.93. The molecule has 1 aromatic rings. The van der Waals surface area contributed by atoms with E-state index in [0.717, 1.165) is 16.4 Å². The lowest BCUT2D eigenvalue weighted by atomic mass is 10.4. The van der Waals surface area contributed by atoms with Crippen LogP contribution in [-0.2, 0) is 7.05 Å². The van der Waals surface area contributed by atoms with Gasteiger partial charge in [0.2, 0.25) is 0 Å². The van der Waals surface area contributed by atoms with Gasteiger partial charge in [-0.25, -0.2) is 0 Å². The molecule has 11 heavy (non-hydrogen) atoms. The number of aryl methyl sites for hydroxylation is 2. The Morgan fingerprint density at radius 2 is 2.09 bits per heavy atom. The van der Waals surface area contributed by atoms with Gasteiger partial charge < -0.3 is 5.73 Å². The van der Waals surface area contributed by atoms with Gasteiger partial charge in [0.1, 0.15) is 5.03 Å². The van der Waals surface area contributed by atoms with Crippen LogP contribution in [0.1, 0.15) is 5.69 Å². The summed E-state index contributed by atoms with van der Waals surface area (Å²) < 4.78 is 1.80. The van der Waals surface area contributed by atoms with Gasteiger partial charge in [0.05, 0.1) is 11.4 Å². The maximum atomic E-state index is 5.71. The van der Waals surface area contributed by atoms with Crippen LogP contribution in [0.25, 0.3) is 0 Å². The summed E-state index contributed by atoms with van der Waals surface area (Å²) in [6.45, 7) is 1.91. The average Bonchev–Trinajstić information content (AvgIpc) is 2.09. The van der Waals surface area contributed by atoms with Crippen LogP contribution in [0.2, 0.25) is 0 Å². The van der Waals surface area contributed by atoms with Crippen molar-refractivity contribution in [3.63, 3.8) is 0 Å². The largest absolute Gasteiger partial charge is 0.395 e. The van der Waals surface area contributed by atoms with E-state index in [0.29, 0.717) is 0 Å². The number of hydrogen-bond acceptors (Lipinski definition) is 3.